The fourth-order valence-corrected chi connectivity index (χ4v) is 2.56. The van der Waals surface area contributed by atoms with Gasteiger partial charge in [0.05, 0.1) is 6.04 Å². The summed E-state index contributed by atoms with van der Waals surface area (Å²) in [4.78, 5) is 39.2. The van der Waals surface area contributed by atoms with E-state index in [0.29, 0.717) is 12.4 Å². The molecule has 0 bridgehead atoms. The van der Waals surface area contributed by atoms with Gasteiger partial charge in [-0.25, -0.2) is 4.79 Å². The number of aromatic nitrogens is 2. The Morgan fingerprint density at radius 3 is 2.56 bits per heavy atom. The maximum Gasteiger partial charge on any atom is 0.326 e. The Bertz CT molecular complexity index is 1010. The lowest BCUT2D eigenvalue weighted by molar-refractivity contribution is 0.0934. The van der Waals surface area contributed by atoms with E-state index in [0.717, 1.165) is 17.2 Å². The van der Waals surface area contributed by atoms with Gasteiger partial charge >= 0.3 is 5.69 Å². The van der Waals surface area contributed by atoms with Gasteiger partial charge in [0.25, 0.3) is 11.5 Å². The molecule has 0 spiro atoms. The van der Waals surface area contributed by atoms with Gasteiger partial charge in [0.1, 0.15) is 18.1 Å². The van der Waals surface area contributed by atoms with Crippen LogP contribution in [0, 0.1) is 0 Å². The second-order valence-corrected chi connectivity index (χ2v) is 6.04. The lowest BCUT2D eigenvalue weighted by atomic mass is 10.1. The number of hydrogen-bond donors (Lipinski definition) is 3. The Morgan fingerprint density at radius 2 is 1.81 bits per heavy atom. The van der Waals surface area contributed by atoms with Crippen molar-refractivity contribution in [3.05, 3.63) is 98.3 Å². The number of carbonyl (C=O) groups is 1. The topological polar surface area (TPSA) is 104 Å². The number of nitrogens with one attached hydrogen (secondary N) is 3. The molecule has 1 atom stereocenters. The maximum atomic E-state index is 12.3. The van der Waals surface area contributed by atoms with E-state index in [4.69, 9.17) is 4.74 Å². The van der Waals surface area contributed by atoms with Crippen molar-refractivity contribution in [2.45, 2.75) is 19.6 Å². The molecule has 2 aromatic carbocycles. The van der Waals surface area contributed by atoms with Crippen molar-refractivity contribution in [3.63, 3.8) is 0 Å². The summed E-state index contributed by atoms with van der Waals surface area (Å²) in [6.45, 7) is 2.25. The predicted octanol–water partition coefficient (Wildman–Crippen LogP) is 2.13. The van der Waals surface area contributed by atoms with Crippen LogP contribution in [0.1, 0.15) is 34.6 Å². The highest BCUT2D eigenvalue weighted by atomic mass is 16.5. The number of benzene rings is 2. The molecule has 0 aliphatic carbocycles. The van der Waals surface area contributed by atoms with Gasteiger partial charge in [-0.15, -0.1) is 0 Å². The molecule has 0 saturated heterocycles. The van der Waals surface area contributed by atoms with Crippen LogP contribution in [-0.2, 0) is 6.61 Å². The lowest BCUT2D eigenvalue weighted by Crippen LogP contribution is -2.32. The molecule has 3 aromatic rings. The molecule has 27 heavy (non-hydrogen) atoms. The van der Waals surface area contributed by atoms with E-state index in [1.807, 2.05) is 59.6 Å². The van der Waals surface area contributed by atoms with Gasteiger partial charge in [-0.1, -0.05) is 42.5 Å². The minimum atomic E-state index is -0.725. The first-order valence-corrected chi connectivity index (χ1v) is 8.42. The lowest BCUT2D eigenvalue weighted by Gasteiger charge is -2.15. The highest BCUT2D eigenvalue weighted by Gasteiger charge is 2.13. The third-order valence-corrected chi connectivity index (χ3v) is 3.96. The summed E-state index contributed by atoms with van der Waals surface area (Å²) >= 11 is 0. The zero-order chi connectivity index (χ0) is 19.2. The monoisotopic (exact) mass is 365 g/mol. The van der Waals surface area contributed by atoms with Crippen LogP contribution in [0.4, 0.5) is 0 Å². The molecule has 0 radical (unpaired) electrons. The van der Waals surface area contributed by atoms with Crippen molar-refractivity contribution in [1.82, 2.24) is 15.3 Å². The van der Waals surface area contributed by atoms with E-state index in [1.54, 1.807) is 6.92 Å². The number of H-pyrrole nitrogens is 2. The highest BCUT2D eigenvalue weighted by molar-refractivity contribution is 5.92. The first-order valence-electron chi connectivity index (χ1n) is 8.42. The van der Waals surface area contributed by atoms with Crippen LogP contribution in [0.25, 0.3) is 0 Å². The minimum Gasteiger partial charge on any atom is -0.489 e. The van der Waals surface area contributed by atoms with Gasteiger partial charge < -0.3 is 15.0 Å². The van der Waals surface area contributed by atoms with Crippen LogP contribution in [0.3, 0.4) is 0 Å². The molecule has 7 nitrogen and oxygen atoms in total. The molecule has 0 fully saturated rings. The second kappa shape index (κ2) is 8.18. The van der Waals surface area contributed by atoms with Gasteiger partial charge in [0.2, 0.25) is 0 Å². The number of rotatable bonds is 6. The first kappa shape index (κ1) is 18.2. The van der Waals surface area contributed by atoms with E-state index in [-0.39, 0.29) is 11.7 Å². The van der Waals surface area contributed by atoms with Crippen molar-refractivity contribution in [2.75, 3.05) is 0 Å². The molecule has 7 heteroatoms. The fraction of sp³-hybridized carbons (Fsp3) is 0.150. The Balaban J connectivity index is 1.67. The largest absolute Gasteiger partial charge is 0.489 e. The SMILES string of the molecule is CC(NC(=O)c1cc(=O)[nH]c(=O)[nH]1)c1cccc(OCc2ccccc2)c1. The molecule has 0 saturated carbocycles. The molecule has 1 unspecified atom stereocenters. The fourth-order valence-electron chi connectivity index (χ4n) is 2.56. The Hall–Kier alpha value is -3.61. The highest BCUT2D eigenvalue weighted by Crippen LogP contribution is 2.20. The average Bonchev–Trinajstić information content (AvgIpc) is 2.66. The van der Waals surface area contributed by atoms with Gasteiger partial charge in [-0.2, -0.15) is 0 Å². The molecule has 138 valence electrons. The molecule has 0 aliphatic rings. The van der Waals surface area contributed by atoms with Crippen molar-refractivity contribution in [3.8, 4) is 5.75 Å². The van der Waals surface area contributed by atoms with Crippen molar-refractivity contribution in [2.24, 2.45) is 0 Å². The summed E-state index contributed by atoms with van der Waals surface area (Å²) in [7, 11) is 0. The number of ether oxygens (including phenoxy) is 1. The van der Waals surface area contributed by atoms with Crippen LogP contribution in [0.2, 0.25) is 0 Å². The summed E-state index contributed by atoms with van der Waals surface area (Å²) < 4.78 is 5.80. The zero-order valence-electron chi connectivity index (χ0n) is 14.7. The normalized spacial score (nSPS) is 11.6. The molecular weight excluding hydrogens is 346 g/mol. The van der Waals surface area contributed by atoms with E-state index in [2.05, 4.69) is 10.3 Å². The van der Waals surface area contributed by atoms with Crippen molar-refractivity contribution < 1.29 is 9.53 Å². The van der Waals surface area contributed by atoms with Crippen molar-refractivity contribution >= 4 is 5.91 Å². The van der Waals surface area contributed by atoms with Gasteiger partial charge in [0, 0.05) is 6.07 Å². The number of amides is 1. The second-order valence-electron chi connectivity index (χ2n) is 6.04. The van der Waals surface area contributed by atoms with E-state index in [1.165, 1.54) is 0 Å². The summed E-state index contributed by atoms with van der Waals surface area (Å²) in [6, 6.07) is 17.9. The summed E-state index contributed by atoms with van der Waals surface area (Å²) in [6.07, 6.45) is 0. The first-order chi connectivity index (χ1) is 13.0. The number of hydrogen-bond acceptors (Lipinski definition) is 4. The van der Waals surface area contributed by atoms with Crippen LogP contribution >= 0.6 is 0 Å². The predicted molar refractivity (Wildman–Crippen MR) is 101 cm³/mol. The smallest absolute Gasteiger partial charge is 0.326 e. The molecule has 0 aliphatic heterocycles. The molecule has 1 heterocycles. The summed E-state index contributed by atoms with van der Waals surface area (Å²) in [5, 5.41) is 2.75. The number of carbonyl (C=O) groups excluding carboxylic acids is 1. The molecule has 3 N–H and O–H groups in total. The standard InChI is InChI=1S/C20H19N3O4/c1-13(21-19(25)17-11-18(24)23-20(26)22-17)15-8-5-9-16(10-15)27-12-14-6-3-2-4-7-14/h2-11,13H,12H2,1H3,(H,21,25)(H2,22,23,24,26). The van der Waals surface area contributed by atoms with E-state index in [9.17, 15) is 14.4 Å². The number of aromatic amines is 2. The summed E-state index contributed by atoms with van der Waals surface area (Å²) in [5.41, 5.74) is 0.445. The van der Waals surface area contributed by atoms with Gasteiger partial charge in [0.15, 0.2) is 0 Å². The maximum absolute atomic E-state index is 12.3. The van der Waals surface area contributed by atoms with E-state index < -0.39 is 17.2 Å². The minimum absolute atomic E-state index is 0.0907. The molecule has 1 aromatic heterocycles. The zero-order valence-corrected chi connectivity index (χ0v) is 14.7. The summed E-state index contributed by atoms with van der Waals surface area (Å²) in [5.74, 6) is 0.142. The molecule has 3 rings (SSSR count). The van der Waals surface area contributed by atoms with Crippen LogP contribution in [0.15, 0.2) is 70.3 Å². The van der Waals surface area contributed by atoms with Gasteiger partial charge in [-0.3, -0.25) is 14.6 Å². The Morgan fingerprint density at radius 1 is 1.04 bits per heavy atom. The van der Waals surface area contributed by atoms with Crippen LogP contribution < -0.4 is 21.3 Å². The van der Waals surface area contributed by atoms with E-state index >= 15 is 0 Å². The third kappa shape index (κ3) is 4.94. The quantitative estimate of drug-likeness (QED) is 0.622. The van der Waals surface area contributed by atoms with Gasteiger partial charge in [-0.05, 0) is 30.2 Å². The average molecular weight is 365 g/mol. The van der Waals surface area contributed by atoms with Crippen molar-refractivity contribution in [1.29, 1.82) is 0 Å². The van der Waals surface area contributed by atoms with Crippen LogP contribution in [0.5, 0.6) is 5.75 Å². The van der Waals surface area contributed by atoms with Crippen LogP contribution in [-0.4, -0.2) is 15.9 Å². The molecule has 1 amide bonds. The Labute approximate surface area is 155 Å². The molecular formula is C20H19N3O4. The Kier molecular flexibility index (Phi) is 5.51. The third-order valence-electron chi connectivity index (χ3n) is 3.96.